The van der Waals surface area contributed by atoms with Crippen molar-refractivity contribution < 1.29 is 4.39 Å². The molecule has 1 aliphatic heterocycles. The highest BCUT2D eigenvalue weighted by atomic mass is 35.5. The van der Waals surface area contributed by atoms with E-state index in [1.54, 1.807) is 0 Å². The molecule has 0 spiro atoms. The Labute approximate surface area is 136 Å². The van der Waals surface area contributed by atoms with Gasteiger partial charge in [0.2, 0.25) is 0 Å². The fourth-order valence-corrected chi connectivity index (χ4v) is 3.08. The molecule has 0 aliphatic carbocycles. The van der Waals surface area contributed by atoms with Crippen LogP contribution in [0.25, 0.3) is 0 Å². The molecule has 3 rings (SSSR count). The Morgan fingerprint density at radius 1 is 1.00 bits per heavy atom. The number of benzene rings is 2. The molecule has 1 heterocycles. The van der Waals surface area contributed by atoms with Crippen LogP contribution >= 0.6 is 11.6 Å². The molecule has 1 fully saturated rings. The molecule has 2 aromatic carbocycles. The van der Waals surface area contributed by atoms with Crippen molar-refractivity contribution in [1.82, 2.24) is 4.90 Å². The molecule has 0 aromatic heterocycles. The summed E-state index contributed by atoms with van der Waals surface area (Å²) in [5, 5.41) is 0.786. The van der Waals surface area contributed by atoms with Gasteiger partial charge in [0.05, 0.1) is 0 Å². The lowest BCUT2D eigenvalue weighted by Gasteiger charge is -2.37. The first-order chi connectivity index (χ1) is 10.6. The lowest BCUT2D eigenvalue weighted by Crippen LogP contribution is -2.46. The standard InChI is InChI=1S/C18H20ClFN2/c1-14-2-5-16(19)12-18(14)22-10-8-21(9-11-22)13-15-3-6-17(20)7-4-15/h2-7,12H,8-11,13H2,1H3. The van der Waals surface area contributed by atoms with E-state index in [4.69, 9.17) is 11.6 Å². The third-order valence-corrected chi connectivity index (χ3v) is 4.44. The maximum atomic E-state index is 12.9. The smallest absolute Gasteiger partial charge is 0.123 e. The van der Waals surface area contributed by atoms with Crippen molar-refractivity contribution in [3.05, 3.63) is 64.4 Å². The van der Waals surface area contributed by atoms with Crippen molar-refractivity contribution in [2.45, 2.75) is 13.5 Å². The monoisotopic (exact) mass is 318 g/mol. The molecular formula is C18H20ClFN2. The quantitative estimate of drug-likeness (QED) is 0.840. The van der Waals surface area contributed by atoms with E-state index in [9.17, 15) is 4.39 Å². The normalized spacial score (nSPS) is 16.0. The van der Waals surface area contributed by atoms with E-state index in [2.05, 4.69) is 22.8 Å². The minimum atomic E-state index is -0.176. The Bertz CT molecular complexity index is 634. The molecule has 4 heteroatoms. The molecule has 0 radical (unpaired) electrons. The third kappa shape index (κ3) is 3.60. The van der Waals surface area contributed by atoms with Crippen LogP contribution in [0.15, 0.2) is 42.5 Å². The molecule has 2 aromatic rings. The molecule has 0 N–H and O–H groups in total. The summed E-state index contributed by atoms with van der Waals surface area (Å²) in [6.07, 6.45) is 0. The molecule has 0 atom stereocenters. The molecule has 0 bridgehead atoms. The number of piperazine rings is 1. The average molecular weight is 319 g/mol. The minimum Gasteiger partial charge on any atom is -0.369 e. The summed E-state index contributed by atoms with van der Waals surface area (Å²) < 4.78 is 12.9. The van der Waals surface area contributed by atoms with Gasteiger partial charge in [-0.25, -0.2) is 4.39 Å². The second kappa shape index (κ2) is 6.67. The summed E-state index contributed by atoms with van der Waals surface area (Å²) in [7, 11) is 0. The highest BCUT2D eigenvalue weighted by Crippen LogP contribution is 2.25. The van der Waals surface area contributed by atoms with Gasteiger partial charge in [0, 0.05) is 43.4 Å². The number of hydrogen-bond acceptors (Lipinski definition) is 2. The number of anilines is 1. The Hall–Kier alpha value is -1.58. The van der Waals surface area contributed by atoms with E-state index < -0.39 is 0 Å². The van der Waals surface area contributed by atoms with E-state index in [1.165, 1.54) is 23.4 Å². The van der Waals surface area contributed by atoms with Gasteiger partial charge in [-0.2, -0.15) is 0 Å². The first-order valence-corrected chi connectivity index (χ1v) is 7.97. The Kier molecular flexibility index (Phi) is 4.65. The molecule has 1 aliphatic rings. The topological polar surface area (TPSA) is 6.48 Å². The fraction of sp³-hybridized carbons (Fsp3) is 0.333. The van der Waals surface area contributed by atoms with E-state index in [0.29, 0.717) is 0 Å². The summed E-state index contributed by atoms with van der Waals surface area (Å²) >= 11 is 6.12. The van der Waals surface area contributed by atoms with E-state index in [0.717, 1.165) is 43.3 Å². The van der Waals surface area contributed by atoms with Crippen LogP contribution in [0.2, 0.25) is 5.02 Å². The van der Waals surface area contributed by atoms with Gasteiger partial charge in [-0.05, 0) is 42.3 Å². The largest absolute Gasteiger partial charge is 0.369 e. The van der Waals surface area contributed by atoms with E-state index in [-0.39, 0.29) is 5.82 Å². The molecular weight excluding hydrogens is 299 g/mol. The van der Waals surface area contributed by atoms with Crippen LogP contribution in [0, 0.1) is 12.7 Å². The second-order valence-corrected chi connectivity index (χ2v) is 6.26. The highest BCUT2D eigenvalue weighted by Gasteiger charge is 2.18. The summed E-state index contributed by atoms with van der Waals surface area (Å²) in [4.78, 5) is 4.80. The lowest BCUT2D eigenvalue weighted by molar-refractivity contribution is 0.249. The number of rotatable bonds is 3. The van der Waals surface area contributed by atoms with Crippen LogP contribution in [0.5, 0.6) is 0 Å². The summed E-state index contributed by atoms with van der Waals surface area (Å²) in [6.45, 7) is 6.98. The molecule has 0 saturated carbocycles. The van der Waals surface area contributed by atoms with Gasteiger partial charge < -0.3 is 4.90 Å². The predicted molar refractivity (Wildman–Crippen MR) is 90.1 cm³/mol. The molecule has 116 valence electrons. The summed E-state index contributed by atoms with van der Waals surface area (Å²) in [5.74, 6) is -0.176. The Balaban J connectivity index is 1.60. The van der Waals surface area contributed by atoms with Crippen LogP contribution in [-0.2, 0) is 6.54 Å². The highest BCUT2D eigenvalue weighted by molar-refractivity contribution is 6.30. The van der Waals surface area contributed by atoms with Crippen molar-refractivity contribution in [2.75, 3.05) is 31.1 Å². The zero-order chi connectivity index (χ0) is 15.5. The zero-order valence-electron chi connectivity index (χ0n) is 12.7. The third-order valence-electron chi connectivity index (χ3n) is 4.20. The Morgan fingerprint density at radius 2 is 1.68 bits per heavy atom. The fourth-order valence-electron chi connectivity index (χ4n) is 2.92. The number of hydrogen-bond donors (Lipinski definition) is 0. The average Bonchev–Trinajstić information content (AvgIpc) is 2.53. The van der Waals surface area contributed by atoms with Crippen molar-refractivity contribution >= 4 is 17.3 Å². The van der Waals surface area contributed by atoms with Gasteiger partial charge >= 0.3 is 0 Å². The molecule has 0 unspecified atom stereocenters. The maximum absolute atomic E-state index is 12.9. The van der Waals surface area contributed by atoms with Gasteiger partial charge in [0.25, 0.3) is 0 Å². The van der Waals surface area contributed by atoms with Gasteiger partial charge in [-0.1, -0.05) is 29.8 Å². The van der Waals surface area contributed by atoms with Crippen molar-refractivity contribution in [1.29, 1.82) is 0 Å². The maximum Gasteiger partial charge on any atom is 0.123 e. The predicted octanol–water partition coefficient (Wildman–Crippen LogP) is 4.11. The second-order valence-electron chi connectivity index (χ2n) is 5.82. The first-order valence-electron chi connectivity index (χ1n) is 7.60. The SMILES string of the molecule is Cc1ccc(Cl)cc1N1CCN(Cc2ccc(F)cc2)CC1. The van der Waals surface area contributed by atoms with Crippen LogP contribution in [0.1, 0.15) is 11.1 Å². The Morgan fingerprint density at radius 3 is 2.36 bits per heavy atom. The summed E-state index contributed by atoms with van der Waals surface area (Å²) in [5.41, 5.74) is 3.65. The van der Waals surface area contributed by atoms with Crippen molar-refractivity contribution in [2.24, 2.45) is 0 Å². The minimum absolute atomic E-state index is 0.176. The number of nitrogens with zero attached hydrogens (tertiary/aromatic N) is 2. The number of halogens is 2. The van der Waals surface area contributed by atoms with Gasteiger partial charge in [0.15, 0.2) is 0 Å². The van der Waals surface area contributed by atoms with Crippen molar-refractivity contribution in [3.63, 3.8) is 0 Å². The van der Waals surface area contributed by atoms with Crippen molar-refractivity contribution in [3.8, 4) is 0 Å². The van der Waals surface area contributed by atoms with Gasteiger partial charge in [-0.15, -0.1) is 0 Å². The van der Waals surface area contributed by atoms with Crippen LogP contribution in [0.3, 0.4) is 0 Å². The van der Waals surface area contributed by atoms with E-state index in [1.807, 2.05) is 24.3 Å². The van der Waals surface area contributed by atoms with Crippen LogP contribution in [0.4, 0.5) is 10.1 Å². The molecule has 2 nitrogen and oxygen atoms in total. The molecule has 1 saturated heterocycles. The molecule has 0 amide bonds. The van der Waals surface area contributed by atoms with Crippen LogP contribution < -0.4 is 4.90 Å². The lowest BCUT2D eigenvalue weighted by atomic mass is 10.1. The molecule has 22 heavy (non-hydrogen) atoms. The van der Waals surface area contributed by atoms with Gasteiger partial charge in [0.1, 0.15) is 5.82 Å². The van der Waals surface area contributed by atoms with Gasteiger partial charge in [-0.3, -0.25) is 4.90 Å². The van der Waals surface area contributed by atoms with Crippen LogP contribution in [-0.4, -0.2) is 31.1 Å². The van der Waals surface area contributed by atoms with E-state index >= 15 is 0 Å². The number of aryl methyl sites for hydroxylation is 1. The zero-order valence-corrected chi connectivity index (χ0v) is 13.5. The summed E-state index contributed by atoms with van der Waals surface area (Å²) in [6, 6.07) is 12.8. The first kappa shape index (κ1) is 15.3.